The number of nitrogens with zero attached hydrogens (tertiary/aromatic N) is 4. The lowest BCUT2D eigenvalue weighted by atomic mass is 10.1. The van der Waals surface area contributed by atoms with Gasteiger partial charge in [0, 0.05) is 49.5 Å². The minimum Gasteiger partial charge on any atom is -0.459 e. The Labute approximate surface area is 235 Å². The van der Waals surface area contributed by atoms with Crippen LogP contribution in [-0.2, 0) is 28.9 Å². The lowest BCUT2D eigenvalue weighted by Gasteiger charge is -2.27. The molecule has 3 aromatic rings. The molecule has 38 heavy (non-hydrogen) atoms. The summed E-state index contributed by atoms with van der Waals surface area (Å²) < 4.78 is 5.74. The number of hydrogen-bond acceptors (Lipinski definition) is 9. The Morgan fingerprint density at radius 1 is 1.05 bits per heavy atom. The van der Waals surface area contributed by atoms with Crippen molar-refractivity contribution in [1.82, 2.24) is 15.0 Å². The summed E-state index contributed by atoms with van der Waals surface area (Å²) >= 11 is 3.01. The number of aromatic nitrogens is 3. The quantitative estimate of drug-likeness (QED) is 0.183. The fourth-order valence-corrected chi connectivity index (χ4v) is 5.79. The Bertz CT molecular complexity index is 1150. The summed E-state index contributed by atoms with van der Waals surface area (Å²) in [7, 11) is 0. The molecule has 0 spiro atoms. The van der Waals surface area contributed by atoms with Crippen molar-refractivity contribution in [3.05, 3.63) is 58.9 Å². The molecule has 0 aliphatic rings. The second-order valence-corrected chi connectivity index (χ2v) is 13.5. The van der Waals surface area contributed by atoms with E-state index in [2.05, 4.69) is 63.7 Å². The number of thioether (sulfide) groups is 1. The van der Waals surface area contributed by atoms with Crippen molar-refractivity contribution in [1.29, 1.82) is 0 Å². The zero-order chi connectivity index (χ0) is 27.8. The highest BCUT2D eigenvalue weighted by atomic mass is 32.2. The number of thiazole rings is 1. The summed E-state index contributed by atoms with van der Waals surface area (Å²) in [5.41, 5.74) is 3.92. The molecule has 0 saturated heterocycles. The van der Waals surface area contributed by atoms with Gasteiger partial charge in [0.05, 0.1) is 5.69 Å². The van der Waals surface area contributed by atoms with Crippen molar-refractivity contribution in [3.8, 4) is 0 Å². The van der Waals surface area contributed by atoms with E-state index < -0.39 is 10.3 Å². The topological polar surface area (TPSA) is 80.2 Å². The third-order valence-corrected chi connectivity index (χ3v) is 7.86. The van der Waals surface area contributed by atoms with Gasteiger partial charge >= 0.3 is 5.97 Å². The van der Waals surface area contributed by atoms with E-state index in [0.717, 1.165) is 53.6 Å². The standard InChI is InChI=1S/C29H41N5O2S2/c1-8-15-30-23-12-10-22(11-13-23)19-34(26-31-17-21(9-2)18-32-26)16-14-24-20-37-27(33-24)38-29(6,7)25(35)36-28(3,4)5/h10-13,17-18,20,30H,8-9,14-16,19H2,1-7H3. The van der Waals surface area contributed by atoms with Gasteiger partial charge in [0.15, 0.2) is 4.34 Å². The Morgan fingerprint density at radius 2 is 1.74 bits per heavy atom. The second-order valence-electron chi connectivity index (χ2n) is 10.8. The van der Waals surface area contributed by atoms with Gasteiger partial charge in [0.25, 0.3) is 0 Å². The molecule has 1 aromatic carbocycles. The van der Waals surface area contributed by atoms with E-state index in [0.29, 0.717) is 12.5 Å². The highest BCUT2D eigenvalue weighted by Gasteiger charge is 2.34. The molecule has 3 rings (SSSR count). The molecule has 0 aliphatic heterocycles. The zero-order valence-electron chi connectivity index (χ0n) is 23.7. The third-order valence-electron chi connectivity index (χ3n) is 5.69. The molecule has 0 radical (unpaired) electrons. The predicted molar refractivity (Wildman–Crippen MR) is 159 cm³/mol. The number of carbonyl (C=O) groups excluding carboxylic acids is 1. The van der Waals surface area contributed by atoms with Crippen LogP contribution in [0.15, 0.2) is 46.4 Å². The van der Waals surface area contributed by atoms with Crippen LogP contribution in [0.3, 0.4) is 0 Å². The number of carbonyl (C=O) groups is 1. The predicted octanol–water partition coefficient (Wildman–Crippen LogP) is 6.78. The summed E-state index contributed by atoms with van der Waals surface area (Å²) in [6, 6.07) is 8.56. The minimum atomic E-state index is -0.721. The van der Waals surface area contributed by atoms with E-state index in [4.69, 9.17) is 9.72 Å². The van der Waals surface area contributed by atoms with Gasteiger partial charge in [0.1, 0.15) is 10.3 Å². The Morgan fingerprint density at radius 3 is 2.34 bits per heavy atom. The maximum atomic E-state index is 12.7. The molecule has 2 heterocycles. The van der Waals surface area contributed by atoms with Gasteiger partial charge in [-0.15, -0.1) is 11.3 Å². The Balaban J connectivity index is 1.68. The van der Waals surface area contributed by atoms with Gasteiger partial charge in [-0.25, -0.2) is 15.0 Å². The maximum absolute atomic E-state index is 12.7. The third kappa shape index (κ3) is 9.27. The molecule has 9 heteroatoms. The van der Waals surface area contributed by atoms with Crippen LogP contribution >= 0.6 is 23.1 Å². The number of nitrogens with one attached hydrogen (secondary N) is 1. The lowest BCUT2D eigenvalue weighted by molar-refractivity contribution is -0.156. The van der Waals surface area contributed by atoms with E-state index in [1.165, 1.54) is 17.3 Å². The summed E-state index contributed by atoms with van der Waals surface area (Å²) in [5.74, 6) is 0.479. The fraction of sp³-hybridized carbons (Fsp3) is 0.517. The summed E-state index contributed by atoms with van der Waals surface area (Å²) in [4.78, 5) is 29.0. The minimum absolute atomic E-state index is 0.235. The normalized spacial score (nSPS) is 11.9. The van der Waals surface area contributed by atoms with Crippen LogP contribution in [0.2, 0.25) is 0 Å². The van der Waals surface area contributed by atoms with Crippen LogP contribution in [0.1, 0.15) is 71.7 Å². The number of hydrogen-bond donors (Lipinski definition) is 1. The zero-order valence-corrected chi connectivity index (χ0v) is 25.3. The van der Waals surface area contributed by atoms with Gasteiger partial charge in [-0.05, 0) is 70.7 Å². The molecule has 206 valence electrons. The summed E-state index contributed by atoms with van der Waals surface area (Å²) in [6.07, 6.45) is 6.56. The fourth-order valence-electron chi connectivity index (χ4n) is 3.52. The average Bonchev–Trinajstić information content (AvgIpc) is 3.31. The number of rotatable bonds is 13. The number of anilines is 2. The molecule has 0 bridgehead atoms. The number of esters is 1. The molecule has 0 unspecified atom stereocenters. The number of ether oxygens (including phenoxy) is 1. The van der Waals surface area contributed by atoms with E-state index >= 15 is 0 Å². The summed E-state index contributed by atoms with van der Waals surface area (Å²) in [6.45, 7) is 16.1. The molecule has 2 aromatic heterocycles. The first kappa shape index (κ1) is 29.9. The van der Waals surface area contributed by atoms with Crippen LogP contribution in [-0.4, -0.2) is 44.4 Å². The first-order chi connectivity index (χ1) is 18.0. The van der Waals surface area contributed by atoms with Crippen LogP contribution in [0.25, 0.3) is 0 Å². The second kappa shape index (κ2) is 13.4. The Kier molecular flexibility index (Phi) is 10.6. The van der Waals surface area contributed by atoms with Crippen molar-refractivity contribution < 1.29 is 9.53 Å². The number of aryl methyl sites for hydroxylation is 1. The molecule has 0 saturated carbocycles. The van der Waals surface area contributed by atoms with E-state index in [1.807, 2.05) is 47.0 Å². The van der Waals surface area contributed by atoms with Crippen molar-refractivity contribution in [2.75, 3.05) is 23.3 Å². The molecule has 1 N–H and O–H groups in total. The van der Waals surface area contributed by atoms with Crippen molar-refractivity contribution >= 4 is 40.7 Å². The van der Waals surface area contributed by atoms with Crippen molar-refractivity contribution in [3.63, 3.8) is 0 Å². The Hall–Kier alpha value is -2.65. The molecule has 7 nitrogen and oxygen atoms in total. The van der Waals surface area contributed by atoms with Gasteiger partial charge in [-0.3, -0.25) is 4.79 Å². The molecule has 0 amide bonds. The molecule has 0 atom stereocenters. The average molecular weight is 556 g/mol. The van der Waals surface area contributed by atoms with Crippen LogP contribution in [0.4, 0.5) is 11.6 Å². The molecular formula is C29H41N5O2S2. The van der Waals surface area contributed by atoms with Gasteiger partial charge in [-0.2, -0.15) is 0 Å². The number of benzene rings is 1. The van der Waals surface area contributed by atoms with E-state index in [1.54, 1.807) is 11.3 Å². The van der Waals surface area contributed by atoms with E-state index in [9.17, 15) is 4.79 Å². The highest BCUT2D eigenvalue weighted by Crippen LogP contribution is 2.36. The van der Waals surface area contributed by atoms with Crippen molar-refractivity contribution in [2.24, 2.45) is 0 Å². The molecule has 0 aliphatic carbocycles. The van der Waals surface area contributed by atoms with E-state index in [-0.39, 0.29) is 5.97 Å². The van der Waals surface area contributed by atoms with Crippen molar-refractivity contribution in [2.45, 2.75) is 89.0 Å². The van der Waals surface area contributed by atoms with Gasteiger partial charge in [0.2, 0.25) is 5.95 Å². The van der Waals surface area contributed by atoms with Gasteiger partial charge in [-0.1, -0.05) is 37.7 Å². The first-order valence-electron chi connectivity index (χ1n) is 13.2. The first-order valence-corrected chi connectivity index (χ1v) is 14.9. The lowest BCUT2D eigenvalue weighted by Crippen LogP contribution is -2.36. The molecule has 0 fully saturated rings. The molecular weight excluding hydrogens is 514 g/mol. The smallest absolute Gasteiger partial charge is 0.322 e. The maximum Gasteiger partial charge on any atom is 0.322 e. The van der Waals surface area contributed by atoms with Crippen LogP contribution in [0.5, 0.6) is 0 Å². The summed E-state index contributed by atoms with van der Waals surface area (Å²) in [5, 5.41) is 5.50. The van der Waals surface area contributed by atoms with Crippen LogP contribution in [0, 0.1) is 0 Å². The SMILES string of the molecule is CCCNc1ccc(CN(CCc2csc(SC(C)(C)C(=O)OC(C)(C)C)n2)c2ncc(CC)cn2)cc1. The van der Waals surface area contributed by atoms with Gasteiger partial charge < -0.3 is 15.0 Å². The highest BCUT2D eigenvalue weighted by molar-refractivity contribution is 8.03. The monoisotopic (exact) mass is 555 g/mol. The largest absolute Gasteiger partial charge is 0.459 e. The van der Waals surface area contributed by atoms with Crippen LogP contribution < -0.4 is 10.2 Å².